The number of hydrogen-bond donors (Lipinski definition) is 0. The fraction of sp³-hybridized carbons (Fsp3) is 0.190. The van der Waals surface area contributed by atoms with Crippen LogP contribution in [0.3, 0.4) is 0 Å². The minimum absolute atomic E-state index is 0.644. The molecule has 3 rings (SSSR count). The van der Waals surface area contributed by atoms with E-state index >= 15 is 0 Å². The maximum atomic E-state index is 12.8. The van der Waals surface area contributed by atoms with E-state index < -0.39 is 11.7 Å². The molecule has 0 aliphatic rings. The minimum atomic E-state index is -4.33. The van der Waals surface area contributed by atoms with Gasteiger partial charge in [-0.2, -0.15) is 24.9 Å². The smallest absolute Gasteiger partial charge is 0.240 e. The van der Waals surface area contributed by atoms with Crippen molar-refractivity contribution in [1.29, 1.82) is 0 Å². The molecule has 0 N–H and O–H groups in total. The summed E-state index contributed by atoms with van der Waals surface area (Å²) in [7, 11) is 0. The van der Waals surface area contributed by atoms with E-state index in [1.807, 2.05) is 24.3 Å². The molecule has 0 spiro atoms. The molecule has 0 saturated carbocycles. The Kier molecular flexibility index (Phi) is 7.26. The van der Waals surface area contributed by atoms with Crippen LogP contribution in [0, 0.1) is 0 Å². The monoisotopic (exact) mass is 437 g/mol. The fourth-order valence-electron chi connectivity index (χ4n) is 2.44. The number of alkyl halides is 3. The molecule has 0 fully saturated rings. The van der Waals surface area contributed by atoms with Gasteiger partial charge in [0.2, 0.25) is 0 Å². The van der Waals surface area contributed by atoms with Crippen LogP contribution in [0.25, 0.3) is 10.6 Å². The SMILES string of the molecule is C=CCSCc1sc(-c2ccc(C(F)(F)F)cc2)nc1CSc1ccccc1. The van der Waals surface area contributed by atoms with Gasteiger partial charge in [0.15, 0.2) is 0 Å². The second-order valence-electron chi connectivity index (χ2n) is 5.87. The lowest BCUT2D eigenvalue weighted by Gasteiger charge is -2.06. The molecule has 0 saturated heterocycles. The van der Waals surface area contributed by atoms with Crippen molar-refractivity contribution in [2.75, 3.05) is 5.75 Å². The fourth-order valence-corrected chi connectivity index (χ4v) is 5.42. The molecule has 1 aromatic heterocycles. The lowest BCUT2D eigenvalue weighted by molar-refractivity contribution is -0.137. The van der Waals surface area contributed by atoms with Crippen molar-refractivity contribution in [3.63, 3.8) is 0 Å². The van der Waals surface area contributed by atoms with E-state index in [1.165, 1.54) is 12.1 Å². The summed E-state index contributed by atoms with van der Waals surface area (Å²) in [6.07, 6.45) is -2.47. The van der Waals surface area contributed by atoms with Crippen LogP contribution < -0.4 is 0 Å². The number of halogens is 3. The van der Waals surface area contributed by atoms with E-state index in [1.54, 1.807) is 34.9 Å². The lowest BCUT2D eigenvalue weighted by atomic mass is 10.1. The summed E-state index contributed by atoms with van der Waals surface area (Å²) < 4.78 is 38.4. The first kappa shape index (κ1) is 21.0. The Hall–Kier alpha value is -1.70. The highest BCUT2D eigenvalue weighted by Crippen LogP contribution is 2.36. The zero-order valence-corrected chi connectivity index (χ0v) is 17.4. The first-order chi connectivity index (χ1) is 13.5. The minimum Gasteiger partial charge on any atom is -0.240 e. The van der Waals surface area contributed by atoms with Gasteiger partial charge in [0, 0.05) is 32.6 Å². The number of aromatic nitrogens is 1. The number of hydrogen-bond acceptors (Lipinski definition) is 4. The van der Waals surface area contributed by atoms with Gasteiger partial charge in [0.25, 0.3) is 0 Å². The predicted molar refractivity (Wildman–Crippen MR) is 115 cm³/mol. The van der Waals surface area contributed by atoms with Crippen molar-refractivity contribution in [1.82, 2.24) is 4.98 Å². The molecule has 0 atom stereocenters. The standard InChI is InChI=1S/C21H18F3NS3/c1-2-12-26-14-19-18(13-27-17-6-4-3-5-7-17)25-20(28-19)15-8-10-16(11-9-15)21(22,23)24/h2-11H,1,12-14H2. The summed E-state index contributed by atoms with van der Waals surface area (Å²) in [4.78, 5) is 7.06. The Morgan fingerprint density at radius 3 is 2.36 bits per heavy atom. The highest BCUT2D eigenvalue weighted by molar-refractivity contribution is 7.99. The Morgan fingerprint density at radius 2 is 1.71 bits per heavy atom. The van der Waals surface area contributed by atoms with Crippen LogP contribution in [0.1, 0.15) is 16.1 Å². The van der Waals surface area contributed by atoms with E-state index in [0.717, 1.165) is 49.9 Å². The number of nitrogens with zero attached hydrogens (tertiary/aromatic N) is 1. The molecule has 0 radical (unpaired) electrons. The Balaban J connectivity index is 1.82. The van der Waals surface area contributed by atoms with E-state index in [-0.39, 0.29) is 0 Å². The van der Waals surface area contributed by atoms with Crippen LogP contribution in [-0.2, 0) is 17.7 Å². The summed E-state index contributed by atoms with van der Waals surface area (Å²) in [6.45, 7) is 3.74. The molecule has 28 heavy (non-hydrogen) atoms. The molecule has 7 heteroatoms. The highest BCUT2D eigenvalue weighted by Gasteiger charge is 2.30. The quantitative estimate of drug-likeness (QED) is 0.205. The average molecular weight is 438 g/mol. The number of thiazole rings is 1. The topological polar surface area (TPSA) is 12.9 Å². The van der Waals surface area contributed by atoms with Gasteiger partial charge in [0.05, 0.1) is 11.3 Å². The van der Waals surface area contributed by atoms with Crippen molar-refractivity contribution in [2.24, 2.45) is 0 Å². The van der Waals surface area contributed by atoms with Gasteiger partial charge < -0.3 is 0 Å². The van der Waals surface area contributed by atoms with Gasteiger partial charge in [-0.15, -0.1) is 29.7 Å². The third-order valence-electron chi connectivity index (χ3n) is 3.83. The van der Waals surface area contributed by atoms with E-state index in [2.05, 4.69) is 18.7 Å². The van der Waals surface area contributed by atoms with E-state index in [0.29, 0.717) is 5.56 Å². The number of thioether (sulfide) groups is 2. The van der Waals surface area contributed by atoms with Crippen molar-refractivity contribution in [2.45, 2.75) is 22.6 Å². The third-order valence-corrected chi connectivity index (χ3v) is 7.14. The molecule has 0 aliphatic heterocycles. The maximum absolute atomic E-state index is 12.8. The van der Waals surface area contributed by atoms with Crippen LogP contribution in [0.2, 0.25) is 0 Å². The largest absolute Gasteiger partial charge is 0.416 e. The molecule has 0 unspecified atom stereocenters. The molecule has 2 aromatic carbocycles. The maximum Gasteiger partial charge on any atom is 0.416 e. The Morgan fingerprint density at radius 1 is 1.00 bits per heavy atom. The third kappa shape index (κ3) is 5.65. The molecule has 0 bridgehead atoms. The van der Waals surface area contributed by atoms with Gasteiger partial charge in [-0.25, -0.2) is 4.98 Å². The van der Waals surface area contributed by atoms with Crippen molar-refractivity contribution in [3.05, 3.63) is 83.4 Å². The zero-order valence-electron chi connectivity index (χ0n) is 14.9. The summed E-state index contributed by atoms with van der Waals surface area (Å²) in [5.74, 6) is 2.39. The molecular formula is C21H18F3NS3. The summed E-state index contributed by atoms with van der Waals surface area (Å²) in [5.41, 5.74) is 1.06. The molecular weight excluding hydrogens is 419 g/mol. The summed E-state index contributed by atoms with van der Waals surface area (Å²) in [5, 5.41) is 0.756. The molecule has 1 nitrogen and oxygen atoms in total. The van der Waals surface area contributed by atoms with Gasteiger partial charge >= 0.3 is 6.18 Å². The highest BCUT2D eigenvalue weighted by atomic mass is 32.2. The second-order valence-corrected chi connectivity index (χ2v) is 9.03. The molecule has 146 valence electrons. The molecule has 3 aromatic rings. The zero-order chi connectivity index (χ0) is 20.0. The summed E-state index contributed by atoms with van der Waals surface area (Å²) in [6, 6.07) is 15.3. The van der Waals surface area contributed by atoms with Gasteiger partial charge in [-0.05, 0) is 24.3 Å². The Bertz CT molecular complexity index is 903. The van der Waals surface area contributed by atoms with Crippen molar-refractivity contribution >= 4 is 34.9 Å². The first-order valence-electron chi connectivity index (χ1n) is 8.50. The Labute approximate surface area is 175 Å². The summed E-state index contributed by atoms with van der Waals surface area (Å²) >= 11 is 5.01. The lowest BCUT2D eigenvalue weighted by Crippen LogP contribution is -2.03. The van der Waals surface area contributed by atoms with E-state index in [4.69, 9.17) is 4.98 Å². The van der Waals surface area contributed by atoms with Crippen molar-refractivity contribution in [3.8, 4) is 10.6 Å². The molecule has 0 amide bonds. The van der Waals surface area contributed by atoms with E-state index in [9.17, 15) is 13.2 Å². The predicted octanol–water partition coefficient (Wildman–Crippen LogP) is 7.54. The normalized spacial score (nSPS) is 11.5. The van der Waals surface area contributed by atoms with Crippen LogP contribution >= 0.6 is 34.9 Å². The van der Waals surface area contributed by atoms with Crippen LogP contribution in [0.5, 0.6) is 0 Å². The van der Waals surface area contributed by atoms with Gasteiger partial charge in [-0.1, -0.05) is 36.4 Å². The van der Waals surface area contributed by atoms with Crippen LogP contribution in [0.4, 0.5) is 13.2 Å². The van der Waals surface area contributed by atoms with Crippen LogP contribution in [0.15, 0.2) is 72.1 Å². The second kappa shape index (κ2) is 9.67. The van der Waals surface area contributed by atoms with Gasteiger partial charge in [0.1, 0.15) is 5.01 Å². The average Bonchev–Trinajstić information content (AvgIpc) is 3.10. The first-order valence-corrected chi connectivity index (χ1v) is 11.5. The number of benzene rings is 2. The van der Waals surface area contributed by atoms with Crippen molar-refractivity contribution < 1.29 is 13.2 Å². The van der Waals surface area contributed by atoms with Gasteiger partial charge in [-0.3, -0.25) is 0 Å². The molecule has 0 aliphatic carbocycles. The number of rotatable bonds is 8. The molecule has 1 heterocycles. The van der Waals surface area contributed by atoms with Crippen LogP contribution in [-0.4, -0.2) is 10.7 Å².